The van der Waals surface area contributed by atoms with Crippen molar-refractivity contribution in [3.63, 3.8) is 0 Å². The molecule has 0 aromatic heterocycles. The summed E-state index contributed by atoms with van der Waals surface area (Å²) in [6.45, 7) is 9.62. The topological polar surface area (TPSA) is 12.4 Å². The van der Waals surface area contributed by atoms with E-state index in [1.165, 1.54) is 11.1 Å². The summed E-state index contributed by atoms with van der Waals surface area (Å²) in [4.78, 5) is 3.70. The van der Waals surface area contributed by atoms with Gasteiger partial charge in [0.1, 0.15) is 0 Å². The van der Waals surface area contributed by atoms with E-state index in [1.807, 2.05) is 13.8 Å². The van der Waals surface area contributed by atoms with Crippen molar-refractivity contribution in [3.05, 3.63) is 23.4 Å². The Morgan fingerprint density at radius 3 is 2.50 bits per heavy atom. The molecule has 0 saturated heterocycles. The summed E-state index contributed by atoms with van der Waals surface area (Å²) in [6.07, 6.45) is 4.96. The molecule has 0 aliphatic carbocycles. The van der Waals surface area contributed by atoms with E-state index < -0.39 is 0 Å². The van der Waals surface area contributed by atoms with Crippen molar-refractivity contribution in [1.29, 1.82) is 0 Å². The highest BCUT2D eigenvalue weighted by molar-refractivity contribution is 5.32. The van der Waals surface area contributed by atoms with Crippen LogP contribution in [-0.4, -0.2) is 6.72 Å². The van der Waals surface area contributed by atoms with E-state index in [0.717, 1.165) is 6.42 Å². The Labute approximate surface area is 63.2 Å². The van der Waals surface area contributed by atoms with Crippen molar-refractivity contribution < 1.29 is 0 Å². The van der Waals surface area contributed by atoms with Crippen molar-refractivity contribution in [2.45, 2.75) is 27.2 Å². The van der Waals surface area contributed by atoms with Gasteiger partial charge in [-0.05, 0) is 38.1 Å². The maximum absolute atomic E-state index is 3.70. The Morgan fingerprint density at radius 2 is 2.20 bits per heavy atom. The zero-order chi connectivity index (χ0) is 7.98. The number of allylic oxidation sites excluding steroid dienone is 3. The molecule has 0 aromatic rings. The summed E-state index contributed by atoms with van der Waals surface area (Å²) in [5.41, 5.74) is 2.55. The van der Waals surface area contributed by atoms with Crippen LogP contribution >= 0.6 is 0 Å². The number of rotatable bonds is 3. The molecule has 0 heterocycles. The van der Waals surface area contributed by atoms with E-state index in [-0.39, 0.29) is 0 Å². The average molecular weight is 137 g/mol. The molecule has 56 valence electrons. The van der Waals surface area contributed by atoms with Crippen molar-refractivity contribution >= 4 is 6.72 Å². The molecule has 0 radical (unpaired) electrons. The molecule has 10 heavy (non-hydrogen) atoms. The van der Waals surface area contributed by atoms with E-state index in [9.17, 15) is 0 Å². The van der Waals surface area contributed by atoms with Crippen molar-refractivity contribution in [2.75, 3.05) is 0 Å². The quantitative estimate of drug-likeness (QED) is 0.419. The van der Waals surface area contributed by atoms with Crippen molar-refractivity contribution in [2.24, 2.45) is 4.99 Å². The van der Waals surface area contributed by atoms with Crippen LogP contribution in [0.15, 0.2) is 28.4 Å². The third-order valence-electron chi connectivity index (χ3n) is 1.52. The summed E-state index contributed by atoms with van der Waals surface area (Å²) in [6, 6.07) is 0. The summed E-state index contributed by atoms with van der Waals surface area (Å²) >= 11 is 0. The summed E-state index contributed by atoms with van der Waals surface area (Å²) in [5, 5.41) is 0. The highest BCUT2D eigenvalue weighted by atomic mass is 14.6. The van der Waals surface area contributed by atoms with Gasteiger partial charge in [0.15, 0.2) is 0 Å². The van der Waals surface area contributed by atoms with E-state index in [1.54, 1.807) is 6.20 Å². The Hall–Kier alpha value is -0.850. The molecule has 0 spiro atoms. The molecule has 1 nitrogen and oxygen atoms in total. The lowest BCUT2D eigenvalue weighted by molar-refractivity contribution is 1.09. The Balaban J connectivity index is 4.30. The highest BCUT2D eigenvalue weighted by Gasteiger charge is 1.92. The van der Waals surface area contributed by atoms with Gasteiger partial charge in [-0.1, -0.05) is 13.0 Å². The summed E-state index contributed by atoms with van der Waals surface area (Å²) in [7, 11) is 0. The van der Waals surface area contributed by atoms with Gasteiger partial charge in [0.2, 0.25) is 0 Å². The molecule has 0 amide bonds. The van der Waals surface area contributed by atoms with E-state index in [0.29, 0.717) is 0 Å². The van der Waals surface area contributed by atoms with Crippen LogP contribution in [0, 0.1) is 0 Å². The standard InChI is InChI=1S/C9H15N/c1-5-9(6-2)8(3)7-10-4/h5,7H,4,6H2,1-3H3/b8-7-,9-5-. The molecule has 0 aliphatic heterocycles. The second-order valence-electron chi connectivity index (χ2n) is 2.16. The van der Waals surface area contributed by atoms with Gasteiger partial charge in [-0.3, -0.25) is 4.99 Å². The maximum atomic E-state index is 3.70. The summed E-state index contributed by atoms with van der Waals surface area (Å²) < 4.78 is 0. The predicted molar refractivity (Wildman–Crippen MR) is 47.4 cm³/mol. The fourth-order valence-corrected chi connectivity index (χ4v) is 0.930. The first kappa shape index (κ1) is 9.15. The summed E-state index contributed by atoms with van der Waals surface area (Å²) in [5.74, 6) is 0. The molecule has 0 aromatic carbocycles. The number of nitrogens with zero attached hydrogens (tertiary/aromatic N) is 1. The number of hydrogen-bond acceptors (Lipinski definition) is 1. The molecule has 0 saturated carbocycles. The predicted octanol–water partition coefficient (Wildman–Crippen LogP) is 2.95. The van der Waals surface area contributed by atoms with Crippen LogP contribution in [0.1, 0.15) is 27.2 Å². The lowest BCUT2D eigenvalue weighted by Gasteiger charge is -2.00. The number of aliphatic imine (C=N–C) groups is 1. The minimum Gasteiger partial charge on any atom is -0.272 e. The third-order valence-corrected chi connectivity index (χ3v) is 1.52. The molecule has 0 atom stereocenters. The van der Waals surface area contributed by atoms with Crippen LogP contribution < -0.4 is 0 Å². The minimum absolute atomic E-state index is 1.06. The van der Waals surface area contributed by atoms with Gasteiger partial charge in [0.05, 0.1) is 0 Å². The Kier molecular flexibility index (Phi) is 4.55. The molecular formula is C9H15N. The second-order valence-corrected chi connectivity index (χ2v) is 2.16. The van der Waals surface area contributed by atoms with Crippen LogP contribution in [0.2, 0.25) is 0 Å². The van der Waals surface area contributed by atoms with E-state index in [4.69, 9.17) is 0 Å². The van der Waals surface area contributed by atoms with Gasteiger partial charge in [-0.25, -0.2) is 0 Å². The fraction of sp³-hybridized carbons (Fsp3) is 0.444. The first-order valence-corrected chi connectivity index (χ1v) is 3.54. The highest BCUT2D eigenvalue weighted by Crippen LogP contribution is 2.11. The molecule has 0 unspecified atom stereocenters. The molecule has 0 fully saturated rings. The fourth-order valence-electron chi connectivity index (χ4n) is 0.930. The molecule has 1 heteroatoms. The van der Waals surface area contributed by atoms with Crippen LogP contribution in [0.3, 0.4) is 0 Å². The Bertz CT molecular complexity index is 164. The molecule has 0 bridgehead atoms. The van der Waals surface area contributed by atoms with Gasteiger partial charge in [0, 0.05) is 6.20 Å². The largest absolute Gasteiger partial charge is 0.272 e. The zero-order valence-corrected chi connectivity index (χ0v) is 7.02. The van der Waals surface area contributed by atoms with Crippen LogP contribution in [0.5, 0.6) is 0 Å². The molecule has 0 aliphatic rings. The maximum Gasteiger partial charge on any atom is 0.0292 e. The smallest absolute Gasteiger partial charge is 0.0292 e. The van der Waals surface area contributed by atoms with Gasteiger partial charge in [0.25, 0.3) is 0 Å². The lowest BCUT2D eigenvalue weighted by Crippen LogP contribution is -1.81. The monoisotopic (exact) mass is 137 g/mol. The van der Waals surface area contributed by atoms with Gasteiger partial charge >= 0.3 is 0 Å². The second kappa shape index (κ2) is 4.98. The third kappa shape index (κ3) is 2.62. The molecule has 0 N–H and O–H groups in total. The number of hydrogen-bond donors (Lipinski definition) is 0. The van der Waals surface area contributed by atoms with Crippen LogP contribution in [0.25, 0.3) is 0 Å². The van der Waals surface area contributed by atoms with Crippen molar-refractivity contribution in [1.82, 2.24) is 0 Å². The van der Waals surface area contributed by atoms with Gasteiger partial charge in [-0.2, -0.15) is 0 Å². The molecular weight excluding hydrogens is 122 g/mol. The first-order valence-electron chi connectivity index (χ1n) is 3.54. The first-order chi connectivity index (χ1) is 4.76. The van der Waals surface area contributed by atoms with Crippen LogP contribution in [-0.2, 0) is 0 Å². The average Bonchev–Trinajstić information content (AvgIpc) is 1.91. The van der Waals surface area contributed by atoms with E-state index >= 15 is 0 Å². The van der Waals surface area contributed by atoms with Crippen LogP contribution in [0.4, 0.5) is 0 Å². The zero-order valence-electron chi connectivity index (χ0n) is 7.02. The molecule has 0 rings (SSSR count). The van der Waals surface area contributed by atoms with Gasteiger partial charge in [-0.15, -0.1) is 0 Å². The Morgan fingerprint density at radius 1 is 1.60 bits per heavy atom. The van der Waals surface area contributed by atoms with E-state index in [2.05, 4.69) is 24.7 Å². The van der Waals surface area contributed by atoms with Gasteiger partial charge < -0.3 is 0 Å². The van der Waals surface area contributed by atoms with Crippen molar-refractivity contribution in [3.8, 4) is 0 Å². The minimum atomic E-state index is 1.06. The lowest BCUT2D eigenvalue weighted by atomic mass is 10.1. The normalized spacial score (nSPS) is 13.5. The SMILES string of the molecule is C=N/C=C(C)\C(=C/C)CC.